The molecule has 3 aromatic rings. The SMILES string of the molecule is COc1cccc(NC(=O)[C@H](c2ccccc2)[NH+]2CCc3ccccc3C2)c1. The van der Waals surface area contributed by atoms with Crippen LogP contribution < -0.4 is 15.0 Å². The number of methoxy groups -OCH3 is 1. The maximum Gasteiger partial charge on any atom is 0.287 e. The maximum atomic E-state index is 13.4. The quantitative estimate of drug-likeness (QED) is 0.722. The molecule has 1 heterocycles. The smallest absolute Gasteiger partial charge is 0.287 e. The topological polar surface area (TPSA) is 42.8 Å². The molecule has 1 aliphatic rings. The van der Waals surface area contributed by atoms with Crippen LogP contribution in [0.15, 0.2) is 78.9 Å². The third kappa shape index (κ3) is 3.92. The number of amides is 1. The van der Waals surface area contributed by atoms with E-state index in [0.29, 0.717) is 0 Å². The van der Waals surface area contributed by atoms with Crippen LogP contribution in [-0.2, 0) is 17.8 Å². The lowest BCUT2D eigenvalue weighted by Crippen LogP contribution is -3.13. The van der Waals surface area contributed by atoms with E-state index in [-0.39, 0.29) is 11.9 Å². The first-order chi connectivity index (χ1) is 13.7. The predicted octanol–water partition coefficient (Wildman–Crippen LogP) is 3.02. The molecular formula is C24H25N2O2+. The Morgan fingerprint density at radius 2 is 1.71 bits per heavy atom. The Hall–Kier alpha value is -3.11. The zero-order valence-corrected chi connectivity index (χ0v) is 16.0. The third-order valence-corrected chi connectivity index (χ3v) is 5.39. The van der Waals surface area contributed by atoms with E-state index in [1.165, 1.54) is 16.0 Å². The highest BCUT2D eigenvalue weighted by molar-refractivity contribution is 5.94. The van der Waals surface area contributed by atoms with Gasteiger partial charge in [0, 0.05) is 29.3 Å². The number of quaternary nitrogens is 1. The Balaban J connectivity index is 1.62. The molecule has 28 heavy (non-hydrogen) atoms. The van der Waals surface area contributed by atoms with Gasteiger partial charge in [0.1, 0.15) is 12.3 Å². The number of carbonyl (C=O) groups excluding carboxylic acids is 1. The molecule has 142 valence electrons. The molecule has 0 spiro atoms. The Kier molecular flexibility index (Phi) is 5.40. The summed E-state index contributed by atoms with van der Waals surface area (Å²) in [7, 11) is 1.63. The van der Waals surface area contributed by atoms with Crippen LogP contribution in [-0.4, -0.2) is 19.6 Å². The number of ether oxygens (including phenoxy) is 1. The number of carbonyl (C=O) groups is 1. The first-order valence-corrected chi connectivity index (χ1v) is 9.66. The minimum atomic E-state index is -0.263. The summed E-state index contributed by atoms with van der Waals surface area (Å²) in [5, 5.41) is 3.10. The Bertz CT molecular complexity index is 956. The van der Waals surface area contributed by atoms with Crippen LogP contribution in [0.1, 0.15) is 22.7 Å². The summed E-state index contributed by atoms with van der Waals surface area (Å²) in [6, 6.07) is 25.9. The van der Waals surface area contributed by atoms with Gasteiger partial charge in [0.2, 0.25) is 0 Å². The molecule has 0 aliphatic carbocycles. The van der Waals surface area contributed by atoms with Crippen molar-refractivity contribution < 1.29 is 14.4 Å². The van der Waals surface area contributed by atoms with E-state index in [4.69, 9.17) is 4.74 Å². The van der Waals surface area contributed by atoms with E-state index in [9.17, 15) is 4.79 Å². The van der Waals surface area contributed by atoms with Gasteiger partial charge in [-0.3, -0.25) is 4.79 Å². The number of anilines is 1. The standard InChI is InChI=1S/C24H24N2O2/c1-28-22-13-7-12-21(16-22)25-24(27)23(19-9-3-2-4-10-19)26-15-14-18-8-5-6-11-20(18)17-26/h2-13,16,23H,14-15,17H2,1H3,(H,25,27)/p+1/t23-/m0/s1. The number of rotatable bonds is 5. The number of benzene rings is 3. The first-order valence-electron chi connectivity index (χ1n) is 9.66. The van der Waals surface area contributed by atoms with Gasteiger partial charge in [0.05, 0.1) is 13.7 Å². The van der Waals surface area contributed by atoms with Crippen molar-refractivity contribution in [1.82, 2.24) is 0 Å². The summed E-state index contributed by atoms with van der Waals surface area (Å²) in [6.07, 6.45) is 0.987. The van der Waals surface area contributed by atoms with Crippen molar-refractivity contribution in [3.8, 4) is 5.75 Å². The lowest BCUT2D eigenvalue weighted by Gasteiger charge is -2.32. The number of fused-ring (bicyclic) bond motifs is 1. The summed E-state index contributed by atoms with van der Waals surface area (Å²) in [5.74, 6) is 0.738. The predicted molar refractivity (Wildman–Crippen MR) is 110 cm³/mol. The number of hydrogen-bond acceptors (Lipinski definition) is 2. The molecule has 3 aromatic carbocycles. The van der Waals surface area contributed by atoms with Gasteiger partial charge in [-0.1, -0.05) is 60.7 Å². The van der Waals surface area contributed by atoms with Gasteiger partial charge >= 0.3 is 0 Å². The Labute approximate surface area is 165 Å². The summed E-state index contributed by atoms with van der Waals surface area (Å²) in [5.41, 5.74) is 4.52. The summed E-state index contributed by atoms with van der Waals surface area (Å²) >= 11 is 0. The highest BCUT2D eigenvalue weighted by Crippen LogP contribution is 2.20. The van der Waals surface area contributed by atoms with Crippen LogP contribution in [0.5, 0.6) is 5.75 Å². The molecule has 0 bridgehead atoms. The van der Waals surface area contributed by atoms with Gasteiger partial charge in [-0.2, -0.15) is 0 Å². The van der Waals surface area contributed by atoms with Crippen LogP contribution in [0.4, 0.5) is 5.69 Å². The molecule has 1 aliphatic heterocycles. The molecule has 0 saturated carbocycles. The van der Waals surface area contributed by atoms with E-state index in [2.05, 4.69) is 29.6 Å². The molecule has 0 fully saturated rings. The average molecular weight is 373 g/mol. The average Bonchev–Trinajstić information content (AvgIpc) is 2.75. The van der Waals surface area contributed by atoms with E-state index < -0.39 is 0 Å². The number of hydrogen-bond donors (Lipinski definition) is 2. The molecule has 4 nitrogen and oxygen atoms in total. The van der Waals surface area contributed by atoms with Crippen LogP contribution in [0.25, 0.3) is 0 Å². The van der Waals surface area contributed by atoms with Crippen molar-refractivity contribution in [2.75, 3.05) is 19.0 Å². The minimum absolute atomic E-state index is 0.00818. The second-order valence-corrected chi connectivity index (χ2v) is 7.17. The summed E-state index contributed by atoms with van der Waals surface area (Å²) in [4.78, 5) is 14.6. The monoisotopic (exact) mass is 373 g/mol. The van der Waals surface area contributed by atoms with Crippen LogP contribution >= 0.6 is 0 Å². The minimum Gasteiger partial charge on any atom is -0.497 e. The van der Waals surface area contributed by atoms with Crippen LogP contribution in [0.3, 0.4) is 0 Å². The van der Waals surface area contributed by atoms with E-state index in [1.807, 2.05) is 54.6 Å². The van der Waals surface area contributed by atoms with Crippen molar-refractivity contribution in [2.24, 2.45) is 0 Å². The Morgan fingerprint density at radius 1 is 0.964 bits per heavy atom. The molecule has 0 radical (unpaired) electrons. The van der Waals surface area contributed by atoms with Gasteiger partial charge in [0.15, 0.2) is 6.04 Å². The fourth-order valence-corrected chi connectivity index (χ4v) is 3.98. The van der Waals surface area contributed by atoms with Crippen molar-refractivity contribution in [3.05, 3.63) is 95.6 Å². The van der Waals surface area contributed by atoms with E-state index in [0.717, 1.165) is 36.5 Å². The van der Waals surface area contributed by atoms with E-state index in [1.54, 1.807) is 7.11 Å². The van der Waals surface area contributed by atoms with Gasteiger partial charge in [-0.05, 0) is 17.7 Å². The fourth-order valence-electron chi connectivity index (χ4n) is 3.98. The van der Waals surface area contributed by atoms with Gasteiger partial charge in [-0.25, -0.2) is 0 Å². The van der Waals surface area contributed by atoms with Crippen molar-refractivity contribution in [2.45, 2.75) is 19.0 Å². The summed E-state index contributed by atoms with van der Waals surface area (Å²) in [6.45, 7) is 1.78. The molecular weight excluding hydrogens is 348 g/mol. The van der Waals surface area contributed by atoms with Gasteiger partial charge in [0.25, 0.3) is 5.91 Å². The molecule has 1 amide bonds. The number of nitrogens with one attached hydrogen (secondary N) is 2. The normalized spacial score (nSPS) is 16.7. The van der Waals surface area contributed by atoms with Crippen molar-refractivity contribution in [3.63, 3.8) is 0 Å². The first kappa shape index (κ1) is 18.3. The zero-order chi connectivity index (χ0) is 19.3. The molecule has 2 atom stereocenters. The second-order valence-electron chi connectivity index (χ2n) is 7.17. The van der Waals surface area contributed by atoms with Crippen LogP contribution in [0, 0.1) is 0 Å². The molecule has 0 saturated heterocycles. The summed E-state index contributed by atoms with van der Waals surface area (Å²) < 4.78 is 5.28. The molecule has 0 aromatic heterocycles. The molecule has 2 N–H and O–H groups in total. The lowest BCUT2D eigenvalue weighted by atomic mass is 9.96. The Morgan fingerprint density at radius 3 is 2.50 bits per heavy atom. The maximum absolute atomic E-state index is 13.4. The highest BCUT2D eigenvalue weighted by Gasteiger charge is 2.34. The molecule has 4 rings (SSSR count). The highest BCUT2D eigenvalue weighted by atomic mass is 16.5. The van der Waals surface area contributed by atoms with Crippen LogP contribution in [0.2, 0.25) is 0 Å². The van der Waals surface area contributed by atoms with Crippen molar-refractivity contribution >= 4 is 11.6 Å². The fraction of sp³-hybridized carbons (Fsp3) is 0.208. The molecule has 1 unspecified atom stereocenters. The van der Waals surface area contributed by atoms with Crippen molar-refractivity contribution in [1.29, 1.82) is 0 Å². The van der Waals surface area contributed by atoms with Gasteiger partial charge in [-0.15, -0.1) is 0 Å². The third-order valence-electron chi connectivity index (χ3n) is 5.39. The van der Waals surface area contributed by atoms with E-state index >= 15 is 0 Å². The molecule has 4 heteroatoms. The van der Waals surface area contributed by atoms with Gasteiger partial charge < -0.3 is 15.0 Å². The zero-order valence-electron chi connectivity index (χ0n) is 16.0. The largest absolute Gasteiger partial charge is 0.497 e. The second kappa shape index (κ2) is 8.28. The lowest BCUT2D eigenvalue weighted by molar-refractivity contribution is -0.937.